The van der Waals surface area contributed by atoms with Crippen LogP contribution in [0, 0.1) is 5.92 Å². The Kier molecular flexibility index (Phi) is 2.66. The fourth-order valence-corrected chi connectivity index (χ4v) is 2.23. The van der Waals surface area contributed by atoms with Crippen molar-refractivity contribution in [3.8, 4) is 0 Å². The minimum absolute atomic E-state index is 0.112. The average molecular weight is 192 g/mol. The third kappa shape index (κ3) is 1.86. The first-order valence-corrected chi connectivity index (χ1v) is 5.28. The lowest BCUT2D eigenvalue weighted by molar-refractivity contribution is 0.100. The molecule has 1 heterocycles. The van der Waals surface area contributed by atoms with E-state index in [0.717, 1.165) is 18.2 Å². The lowest BCUT2D eigenvalue weighted by Crippen LogP contribution is -2.11. The predicted octanol–water partition coefficient (Wildman–Crippen LogP) is 2.28. The molecule has 3 nitrogen and oxygen atoms in total. The van der Waals surface area contributed by atoms with E-state index in [1.165, 1.54) is 25.7 Å². The summed E-state index contributed by atoms with van der Waals surface area (Å²) in [6.45, 7) is 2.57. The maximum atomic E-state index is 11.2. The van der Waals surface area contributed by atoms with Gasteiger partial charge >= 0.3 is 0 Å². The van der Waals surface area contributed by atoms with Gasteiger partial charge in [-0.2, -0.15) is 0 Å². The molecule has 2 rings (SSSR count). The maximum Gasteiger partial charge on any atom is 0.177 e. The SMILES string of the molecule is CC(=O)c1cncn1CC1CCCC1. The Labute approximate surface area is 84.1 Å². The summed E-state index contributed by atoms with van der Waals surface area (Å²) in [7, 11) is 0. The first kappa shape index (κ1) is 9.44. The molecule has 1 aliphatic rings. The molecule has 1 aromatic rings. The molecule has 0 spiro atoms. The number of carbonyl (C=O) groups is 1. The minimum Gasteiger partial charge on any atom is -0.328 e. The van der Waals surface area contributed by atoms with Crippen LogP contribution in [0.25, 0.3) is 0 Å². The van der Waals surface area contributed by atoms with Gasteiger partial charge in [0.1, 0.15) is 5.69 Å². The highest BCUT2D eigenvalue weighted by atomic mass is 16.1. The number of nitrogens with zero attached hydrogens (tertiary/aromatic N) is 2. The third-order valence-corrected chi connectivity index (χ3v) is 3.00. The fourth-order valence-electron chi connectivity index (χ4n) is 2.23. The third-order valence-electron chi connectivity index (χ3n) is 3.00. The summed E-state index contributed by atoms with van der Waals surface area (Å²) in [6, 6.07) is 0. The standard InChI is InChI=1S/C11H16N2O/c1-9(14)11-6-12-8-13(11)7-10-4-2-3-5-10/h6,8,10H,2-5,7H2,1H3. The van der Waals surface area contributed by atoms with E-state index >= 15 is 0 Å². The van der Waals surface area contributed by atoms with E-state index in [4.69, 9.17) is 0 Å². The molecular formula is C11H16N2O. The number of aromatic nitrogens is 2. The van der Waals surface area contributed by atoms with Gasteiger partial charge in [0.2, 0.25) is 0 Å². The highest BCUT2D eigenvalue weighted by Crippen LogP contribution is 2.26. The molecule has 3 heteroatoms. The van der Waals surface area contributed by atoms with Crippen molar-refractivity contribution in [1.29, 1.82) is 0 Å². The maximum absolute atomic E-state index is 11.2. The Bertz CT molecular complexity index is 324. The number of ketones is 1. The van der Waals surface area contributed by atoms with Crippen molar-refractivity contribution in [1.82, 2.24) is 9.55 Å². The molecule has 0 unspecified atom stereocenters. The van der Waals surface area contributed by atoms with Crippen molar-refractivity contribution in [3.63, 3.8) is 0 Å². The number of hydrogen-bond acceptors (Lipinski definition) is 2. The van der Waals surface area contributed by atoms with Crippen molar-refractivity contribution >= 4 is 5.78 Å². The highest BCUT2D eigenvalue weighted by Gasteiger charge is 2.17. The molecule has 1 aliphatic carbocycles. The van der Waals surface area contributed by atoms with E-state index in [2.05, 4.69) is 4.98 Å². The van der Waals surface area contributed by atoms with Crippen molar-refractivity contribution in [2.75, 3.05) is 0 Å². The van der Waals surface area contributed by atoms with Crippen LogP contribution in [-0.2, 0) is 6.54 Å². The van der Waals surface area contributed by atoms with E-state index in [-0.39, 0.29) is 5.78 Å². The smallest absolute Gasteiger partial charge is 0.177 e. The second kappa shape index (κ2) is 3.95. The van der Waals surface area contributed by atoms with Crippen LogP contribution in [0.15, 0.2) is 12.5 Å². The van der Waals surface area contributed by atoms with Gasteiger partial charge in [-0.3, -0.25) is 4.79 Å². The first-order valence-electron chi connectivity index (χ1n) is 5.28. The van der Waals surface area contributed by atoms with Crippen LogP contribution in [0.5, 0.6) is 0 Å². The van der Waals surface area contributed by atoms with Crippen molar-refractivity contribution in [3.05, 3.63) is 18.2 Å². The normalized spacial score (nSPS) is 17.5. The van der Waals surface area contributed by atoms with Gasteiger partial charge < -0.3 is 4.57 Å². The quantitative estimate of drug-likeness (QED) is 0.688. The number of hydrogen-bond donors (Lipinski definition) is 0. The lowest BCUT2D eigenvalue weighted by atomic mass is 10.1. The molecule has 0 radical (unpaired) electrons. The summed E-state index contributed by atoms with van der Waals surface area (Å²) < 4.78 is 2.00. The van der Waals surface area contributed by atoms with Crippen LogP contribution in [0.4, 0.5) is 0 Å². The first-order chi connectivity index (χ1) is 6.77. The molecule has 1 saturated carbocycles. The molecule has 76 valence electrons. The van der Waals surface area contributed by atoms with Gasteiger partial charge in [0.15, 0.2) is 5.78 Å². The second-order valence-electron chi connectivity index (χ2n) is 4.14. The van der Waals surface area contributed by atoms with Gasteiger partial charge in [-0.05, 0) is 18.8 Å². The fraction of sp³-hybridized carbons (Fsp3) is 0.636. The summed E-state index contributed by atoms with van der Waals surface area (Å²) in [5.41, 5.74) is 0.747. The van der Waals surface area contributed by atoms with E-state index < -0.39 is 0 Å². The molecule has 0 N–H and O–H groups in total. The Balaban J connectivity index is 2.07. The lowest BCUT2D eigenvalue weighted by Gasteiger charge is -2.11. The summed E-state index contributed by atoms with van der Waals surface area (Å²) in [6.07, 6.45) is 8.72. The van der Waals surface area contributed by atoms with Crippen LogP contribution < -0.4 is 0 Å². The second-order valence-corrected chi connectivity index (χ2v) is 4.14. The van der Waals surface area contributed by atoms with E-state index in [1.54, 1.807) is 19.4 Å². The van der Waals surface area contributed by atoms with E-state index in [0.29, 0.717) is 0 Å². The Morgan fingerprint density at radius 2 is 2.29 bits per heavy atom. The Hall–Kier alpha value is -1.12. The van der Waals surface area contributed by atoms with Crippen LogP contribution in [0.3, 0.4) is 0 Å². The van der Waals surface area contributed by atoms with Crippen LogP contribution in [0.2, 0.25) is 0 Å². The highest BCUT2D eigenvalue weighted by molar-refractivity contribution is 5.92. The molecule has 0 amide bonds. The predicted molar refractivity (Wildman–Crippen MR) is 54.2 cm³/mol. The monoisotopic (exact) mass is 192 g/mol. The van der Waals surface area contributed by atoms with Crippen LogP contribution in [-0.4, -0.2) is 15.3 Å². The topological polar surface area (TPSA) is 34.9 Å². The number of carbonyl (C=O) groups excluding carboxylic acids is 1. The Morgan fingerprint density at radius 1 is 1.57 bits per heavy atom. The summed E-state index contributed by atoms with van der Waals surface area (Å²) >= 11 is 0. The summed E-state index contributed by atoms with van der Waals surface area (Å²) in [4.78, 5) is 15.3. The van der Waals surface area contributed by atoms with Gasteiger partial charge in [0.25, 0.3) is 0 Å². The van der Waals surface area contributed by atoms with Gasteiger partial charge in [0.05, 0.1) is 12.5 Å². The zero-order valence-corrected chi connectivity index (χ0v) is 8.57. The molecule has 14 heavy (non-hydrogen) atoms. The van der Waals surface area contributed by atoms with Crippen molar-refractivity contribution < 1.29 is 4.79 Å². The molecule has 1 fully saturated rings. The van der Waals surface area contributed by atoms with Crippen LogP contribution in [0.1, 0.15) is 43.1 Å². The van der Waals surface area contributed by atoms with E-state index in [9.17, 15) is 4.79 Å². The molecule has 0 atom stereocenters. The largest absolute Gasteiger partial charge is 0.328 e. The van der Waals surface area contributed by atoms with Crippen molar-refractivity contribution in [2.45, 2.75) is 39.2 Å². The number of imidazole rings is 1. The number of Topliss-reactive ketones (excluding diaryl/α,β-unsaturated/α-hetero) is 1. The molecule has 0 saturated heterocycles. The molecule has 0 aliphatic heterocycles. The van der Waals surface area contributed by atoms with Gasteiger partial charge in [0, 0.05) is 13.5 Å². The Morgan fingerprint density at radius 3 is 2.93 bits per heavy atom. The summed E-state index contributed by atoms with van der Waals surface area (Å²) in [5.74, 6) is 0.864. The molecule has 1 aromatic heterocycles. The van der Waals surface area contributed by atoms with Crippen LogP contribution >= 0.6 is 0 Å². The van der Waals surface area contributed by atoms with Gasteiger partial charge in [-0.1, -0.05) is 12.8 Å². The zero-order chi connectivity index (χ0) is 9.97. The molecule has 0 aromatic carbocycles. The summed E-state index contributed by atoms with van der Waals surface area (Å²) in [5, 5.41) is 0. The number of rotatable bonds is 3. The molecule has 0 bridgehead atoms. The van der Waals surface area contributed by atoms with Gasteiger partial charge in [-0.15, -0.1) is 0 Å². The molecular weight excluding hydrogens is 176 g/mol. The zero-order valence-electron chi connectivity index (χ0n) is 8.57. The van der Waals surface area contributed by atoms with E-state index in [1.807, 2.05) is 4.57 Å². The minimum atomic E-state index is 0.112. The van der Waals surface area contributed by atoms with Crippen molar-refractivity contribution in [2.24, 2.45) is 5.92 Å². The average Bonchev–Trinajstić information content (AvgIpc) is 2.75. The van der Waals surface area contributed by atoms with Gasteiger partial charge in [-0.25, -0.2) is 4.98 Å².